The number of benzene rings is 1. The predicted molar refractivity (Wildman–Crippen MR) is 134 cm³/mol. The number of aromatic nitrogens is 1. The molecule has 184 valence electrons. The van der Waals surface area contributed by atoms with E-state index in [-0.39, 0.29) is 5.82 Å². The molecule has 2 aliphatic heterocycles. The van der Waals surface area contributed by atoms with Gasteiger partial charge in [-0.25, -0.2) is 8.78 Å². The first kappa shape index (κ1) is 24.6. The first-order valence-electron chi connectivity index (χ1n) is 12.5. The molecule has 2 fully saturated rings. The summed E-state index contributed by atoms with van der Waals surface area (Å²) < 4.78 is 34.7. The van der Waals surface area contributed by atoms with Crippen LogP contribution in [-0.2, 0) is 0 Å². The van der Waals surface area contributed by atoms with E-state index in [9.17, 15) is 8.78 Å². The van der Waals surface area contributed by atoms with Crippen LogP contribution >= 0.6 is 0 Å². The molecular weight excluding hydrogens is 432 g/mol. The zero-order chi connectivity index (χ0) is 24.1. The van der Waals surface area contributed by atoms with Crippen molar-refractivity contribution in [3.8, 4) is 17.0 Å². The highest BCUT2D eigenvalue weighted by Crippen LogP contribution is 2.28. The van der Waals surface area contributed by atoms with Crippen molar-refractivity contribution in [2.45, 2.75) is 51.6 Å². The van der Waals surface area contributed by atoms with E-state index >= 15 is 0 Å². The zero-order valence-corrected chi connectivity index (χ0v) is 20.5. The third kappa shape index (κ3) is 6.56. The van der Waals surface area contributed by atoms with E-state index in [1.54, 1.807) is 26.1 Å². The summed E-state index contributed by atoms with van der Waals surface area (Å²) in [4.78, 5) is 8.87. The van der Waals surface area contributed by atoms with Gasteiger partial charge in [0.05, 0.1) is 18.5 Å². The number of hydrogen-bond acceptors (Lipinski definition) is 4. The molecule has 0 radical (unpaired) electrons. The third-order valence-corrected chi connectivity index (χ3v) is 6.84. The zero-order valence-electron chi connectivity index (χ0n) is 20.5. The lowest BCUT2D eigenvalue weighted by molar-refractivity contribution is 0.0836. The molecule has 0 N–H and O–H groups in total. The summed E-state index contributed by atoms with van der Waals surface area (Å²) in [7, 11) is 0. The SMILES string of the molecule is C=C(c1ccc(-c2ccc(OCC3CCN(CC(C)(C)F)CC3)cn2)cc1F)N1CCCCC1. The first-order chi connectivity index (χ1) is 16.3. The minimum Gasteiger partial charge on any atom is -0.492 e. The number of hydrogen-bond donors (Lipinski definition) is 0. The second kappa shape index (κ2) is 10.9. The van der Waals surface area contributed by atoms with Crippen LogP contribution < -0.4 is 4.74 Å². The number of ether oxygens (including phenoxy) is 1. The molecule has 0 spiro atoms. The smallest absolute Gasteiger partial charge is 0.137 e. The van der Waals surface area contributed by atoms with Crippen LogP contribution in [0.25, 0.3) is 17.0 Å². The fourth-order valence-electron chi connectivity index (χ4n) is 4.94. The van der Waals surface area contributed by atoms with Crippen LogP contribution in [0.15, 0.2) is 43.1 Å². The fourth-order valence-corrected chi connectivity index (χ4v) is 4.94. The van der Waals surface area contributed by atoms with E-state index in [0.29, 0.717) is 36.1 Å². The Morgan fingerprint density at radius 1 is 1.09 bits per heavy atom. The molecule has 34 heavy (non-hydrogen) atoms. The van der Waals surface area contributed by atoms with Gasteiger partial charge < -0.3 is 14.5 Å². The van der Waals surface area contributed by atoms with E-state index in [2.05, 4.69) is 21.4 Å². The van der Waals surface area contributed by atoms with Crippen molar-refractivity contribution in [2.75, 3.05) is 39.3 Å². The van der Waals surface area contributed by atoms with Crippen LogP contribution in [0.1, 0.15) is 51.5 Å². The number of pyridine rings is 1. The van der Waals surface area contributed by atoms with Crippen LogP contribution in [0.2, 0.25) is 0 Å². The predicted octanol–water partition coefficient (Wildman–Crippen LogP) is 6.18. The summed E-state index contributed by atoms with van der Waals surface area (Å²) >= 11 is 0. The second-order valence-electron chi connectivity index (χ2n) is 10.3. The second-order valence-corrected chi connectivity index (χ2v) is 10.3. The van der Waals surface area contributed by atoms with Gasteiger partial charge in [0.1, 0.15) is 17.2 Å². The van der Waals surface area contributed by atoms with Gasteiger partial charge in [-0.2, -0.15) is 0 Å². The lowest BCUT2D eigenvalue weighted by Gasteiger charge is -2.34. The minimum atomic E-state index is -1.15. The summed E-state index contributed by atoms with van der Waals surface area (Å²) in [6, 6.07) is 9.02. The minimum absolute atomic E-state index is 0.266. The van der Waals surface area contributed by atoms with E-state index in [1.165, 1.54) is 6.42 Å². The molecule has 1 aromatic heterocycles. The Morgan fingerprint density at radius 2 is 1.82 bits per heavy atom. The van der Waals surface area contributed by atoms with Gasteiger partial charge in [0.2, 0.25) is 0 Å². The molecule has 2 saturated heterocycles. The Kier molecular flexibility index (Phi) is 7.87. The number of piperidine rings is 2. The molecule has 0 unspecified atom stereocenters. The van der Waals surface area contributed by atoms with E-state index in [0.717, 1.165) is 63.1 Å². The molecule has 0 bridgehead atoms. The number of alkyl halides is 1. The largest absolute Gasteiger partial charge is 0.492 e. The first-order valence-corrected chi connectivity index (χ1v) is 12.5. The molecule has 2 aromatic rings. The molecule has 2 aliphatic rings. The van der Waals surface area contributed by atoms with Crippen LogP contribution in [0.5, 0.6) is 5.75 Å². The summed E-state index contributed by atoms with van der Waals surface area (Å²) in [5, 5.41) is 0. The molecule has 0 atom stereocenters. The van der Waals surface area contributed by atoms with Crippen molar-refractivity contribution in [1.29, 1.82) is 0 Å². The molecule has 0 saturated carbocycles. The topological polar surface area (TPSA) is 28.6 Å². The monoisotopic (exact) mass is 469 g/mol. The molecule has 4 rings (SSSR count). The molecule has 1 aromatic carbocycles. The summed E-state index contributed by atoms with van der Waals surface area (Å²) in [5.74, 6) is 0.914. The molecule has 0 amide bonds. The maximum atomic E-state index is 14.9. The van der Waals surface area contributed by atoms with Crippen molar-refractivity contribution in [1.82, 2.24) is 14.8 Å². The van der Waals surface area contributed by atoms with Crippen LogP contribution in [0.4, 0.5) is 8.78 Å². The maximum absolute atomic E-state index is 14.9. The Labute approximate surface area is 202 Å². The van der Waals surface area contributed by atoms with Gasteiger partial charge in [0, 0.05) is 36.5 Å². The van der Waals surface area contributed by atoms with Crippen molar-refractivity contribution in [3.05, 3.63) is 54.5 Å². The number of likely N-dealkylation sites (tertiary alicyclic amines) is 2. The number of halogens is 2. The summed E-state index contributed by atoms with van der Waals surface area (Å²) in [6.45, 7) is 12.2. The van der Waals surface area contributed by atoms with Gasteiger partial charge in [-0.1, -0.05) is 12.6 Å². The van der Waals surface area contributed by atoms with Crippen LogP contribution in [0, 0.1) is 11.7 Å². The average molecular weight is 470 g/mol. The average Bonchev–Trinajstić information content (AvgIpc) is 2.83. The Balaban J connectivity index is 1.30. The molecular formula is C28H37F2N3O. The standard InChI is InChI=1S/C28H37F2N3O/c1-21(33-13-5-4-6-14-33)25-9-7-23(17-26(25)29)27-10-8-24(18-31-27)34-19-22-11-15-32(16-12-22)20-28(2,3)30/h7-10,17-18,22H,1,4-6,11-16,19-20H2,2-3H3. The highest BCUT2D eigenvalue weighted by molar-refractivity contribution is 5.68. The lowest BCUT2D eigenvalue weighted by atomic mass is 9.97. The third-order valence-electron chi connectivity index (χ3n) is 6.84. The number of nitrogens with zero attached hydrogens (tertiary/aromatic N) is 3. The highest BCUT2D eigenvalue weighted by atomic mass is 19.1. The van der Waals surface area contributed by atoms with Crippen LogP contribution in [-0.4, -0.2) is 59.8 Å². The van der Waals surface area contributed by atoms with Crippen molar-refractivity contribution < 1.29 is 13.5 Å². The molecule has 3 heterocycles. The van der Waals surface area contributed by atoms with E-state index in [4.69, 9.17) is 4.74 Å². The van der Waals surface area contributed by atoms with Gasteiger partial charge in [-0.3, -0.25) is 4.98 Å². The lowest BCUT2D eigenvalue weighted by Crippen LogP contribution is -2.41. The maximum Gasteiger partial charge on any atom is 0.137 e. The van der Waals surface area contributed by atoms with Gasteiger partial charge >= 0.3 is 0 Å². The normalized spacial score (nSPS) is 18.2. The van der Waals surface area contributed by atoms with Crippen molar-refractivity contribution >= 4 is 5.70 Å². The quantitative estimate of drug-likeness (QED) is 0.461. The Bertz CT molecular complexity index is 957. The molecule has 6 heteroatoms. The van der Waals surface area contributed by atoms with Crippen molar-refractivity contribution in [2.24, 2.45) is 5.92 Å². The number of rotatable bonds is 8. The molecule has 0 aliphatic carbocycles. The van der Waals surface area contributed by atoms with Crippen LogP contribution in [0.3, 0.4) is 0 Å². The Hall–Kier alpha value is -2.47. The summed E-state index contributed by atoms with van der Waals surface area (Å²) in [5.41, 5.74) is 1.62. The van der Waals surface area contributed by atoms with Crippen molar-refractivity contribution in [3.63, 3.8) is 0 Å². The van der Waals surface area contributed by atoms with Gasteiger partial charge in [-0.15, -0.1) is 0 Å². The van der Waals surface area contributed by atoms with E-state index in [1.807, 2.05) is 24.3 Å². The Morgan fingerprint density at radius 3 is 2.44 bits per heavy atom. The van der Waals surface area contributed by atoms with E-state index < -0.39 is 5.67 Å². The highest BCUT2D eigenvalue weighted by Gasteiger charge is 2.25. The van der Waals surface area contributed by atoms with Gasteiger partial charge in [0.25, 0.3) is 0 Å². The fraction of sp³-hybridized carbons (Fsp3) is 0.536. The summed E-state index contributed by atoms with van der Waals surface area (Å²) in [6.07, 6.45) is 7.22. The van der Waals surface area contributed by atoms with Gasteiger partial charge in [0.15, 0.2) is 0 Å². The molecule has 4 nitrogen and oxygen atoms in total. The van der Waals surface area contributed by atoms with Gasteiger partial charge in [-0.05, 0) is 89.2 Å².